The van der Waals surface area contributed by atoms with Gasteiger partial charge in [0.25, 0.3) is 0 Å². The van der Waals surface area contributed by atoms with Gasteiger partial charge in [0.15, 0.2) is 17.3 Å². The number of hydrogen-bond acceptors (Lipinski definition) is 5. The van der Waals surface area contributed by atoms with E-state index in [0.717, 1.165) is 36.2 Å². The van der Waals surface area contributed by atoms with Crippen molar-refractivity contribution in [1.82, 2.24) is 0 Å². The Morgan fingerprint density at radius 2 is 1.68 bits per heavy atom. The van der Waals surface area contributed by atoms with E-state index in [2.05, 4.69) is 12.2 Å². The number of anilines is 2. The number of ether oxygens (including phenoxy) is 2. The molecule has 0 fully saturated rings. The summed E-state index contributed by atoms with van der Waals surface area (Å²) in [6, 6.07) is 18.9. The number of methoxy groups -OCH3 is 2. The zero-order valence-electron chi connectivity index (χ0n) is 23.2. The highest BCUT2D eigenvalue weighted by atomic mass is 19.1. The van der Waals surface area contributed by atoms with Crippen molar-refractivity contribution in [3.63, 3.8) is 0 Å². The molecule has 1 aliphatic heterocycles. The van der Waals surface area contributed by atoms with E-state index in [0.29, 0.717) is 41.2 Å². The van der Waals surface area contributed by atoms with Crippen LogP contribution in [-0.2, 0) is 9.59 Å². The summed E-state index contributed by atoms with van der Waals surface area (Å²) in [5.74, 6) is 0.686. The highest BCUT2D eigenvalue weighted by molar-refractivity contribution is 6.06. The third kappa shape index (κ3) is 5.33. The average Bonchev–Trinajstić information content (AvgIpc) is 3.12. The number of amides is 1. The molecule has 6 nitrogen and oxygen atoms in total. The van der Waals surface area contributed by atoms with Gasteiger partial charge in [-0.05, 0) is 66.3 Å². The predicted octanol–water partition coefficient (Wildman–Crippen LogP) is 7.32. The summed E-state index contributed by atoms with van der Waals surface area (Å²) in [7, 11) is 3.19. The largest absolute Gasteiger partial charge is 0.493 e. The number of carbonyl (C=O) groups excluding carboxylic acids is 2. The molecule has 1 N–H and O–H groups in total. The minimum atomic E-state index is -0.667. The Bertz CT molecular complexity index is 1430. The van der Waals surface area contributed by atoms with Gasteiger partial charge in [-0.1, -0.05) is 50.1 Å². The van der Waals surface area contributed by atoms with Crippen LogP contribution < -0.4 is 19.7 Å². The van der Waals surface area contributed by atoms with E-state index in [-0.39, 0.29) is 29.8 Å². The Morgan fingerprint density at radius 3 is 2.40 bits per heavy atom. The lowest BCUT2D eigenvalue weighted by Crippen LogP contribution is -2.38. The molecule has 40 heavy (non-hydrogen) atoms. The predicted molar refractivity (Wildman–Crippen MR) is 154 cm³/mol. The summed E-state index contributed by atoms with van der Waals surface area (Å²) in [5, 5.41) is 3.54. The number of benzene rings is 3. The summed E-state index contributed by atoms with van der Waals surface area (Å²) >= 11 is 0. The second-order valence-electron chi connectivity index (χ2n) is 10.4. The van der Waals surface area contributed by atoms with Crippen molar-refractivity contribution in [2.24, 2.45) is 0 Å². The van der Waals surface area contributed by atoms with Crippen molar-refractivity contribution in [1.29, 1.82) is 0 Å². The van der Waals surface area contributed by atoms with Crippen LogP contribution in [0.25, 0.3) is 0 Å². The van der Waals surface area contributed by atoms with Crippen molar-refractivity contribution < 1.29 is 23.5 Å². The zero-order chi connectivity index (χ0) is 28.2. The van der Waals surface area contributed by atoms with Crippen LogP contribution in [0.1, 0.15) is 68.5 Å². The van der Waals surface area contributed by atoms with Gasteiger partial charge in [0, 0.05) is 24.1 Å². The number of hydrogen-bond donors (Lipinski definition) is 1. The molecule has 3 aromatic carbocycles. The third-order valence-corrected chi connectivity index (χ3v) is 7.82. The van der Waals surface area contributed by atoms with E-state index < -0.39 is 6.04 Å². The Kier molecular flexibility index (Phi) is 8.19. The van der Waals surface area contributed by atoms with Gasteiger partial charge < -0.3 is 14.8 Å². The van der Waals surface area contributed by atoms with E-state index in [4.69, 9.17) is 9.47 Å². The van der Waals surface area contributed by atoms with Crippen LogP contribution in [0.4, 0.5) is 15.8 Å². The highest BCUT2D eigenvalue weighted by Gasteiger charge is 2.41. The van der Waals surface area contributed by atoms with E-state index in [9.17, 15) is 14.0 Å². The van der Waals surface area contributed by atoms with E-state index in [1.807, 2.05) is 42.5 Å². The van der Waals surface area contributed by atoms with E-state index >= 15 is 0 Å². The summed E-state index contributed by atoms with van der Waals surface area (Å²) < 4.78 is 24.9. The number of Topliss-reactive ketones (excluding diaryl/α,β-unsaturated/α-hetero) is 1. The molecule has 0 bridgehead atoms. The van der Waals surface area contributed by atoms with Gasteiger partial charge in [0.1, 0.15) is 5.82 Å². The first-order valence-corrected chi connectivity index (χ1v) is 13.9. The molecule has 3 aromatic rings. The fraction of sp³-hybridized carbons (Fsp3) is 0.333. The maximum absolute atomic E-state index is 14.1. The minimum absolute atomic E-state index is 0.0398. The van der Waals surface area contributed by atoms with Gasteiger partial charge in [-0.3, -0.25) is 14.5 Å². The molecule has 0 saturated carbocycles. The van der Waals surface area contributed by atoms with Gasteiger partial charge in [0.2, 0.25) is 5.91 Å². The van der Waals surface area contributed by atoms with Gasteiger partial charge >= 0.3 is 0 Å². The average molecular weight is 543 g/mol. The molecule has 208 valence electrons. The quantitative estimate of drug-likeness (QED) is 0.302. The topological polar surface area (TPSA) is 67.9 Å². The summed E-state index contributed by atoms with van der Waals surface area (Å²) in [4.78, 5) is 29.8. The van der Waals surface area contributed by atoms with Crippen LogP contribution >= 0.6 is 0 Å². The third-order valence-electron chi connectivity index (χ3n) is 7.82. The molecule has 1 amide bonds. The van der Waals surface area contributed by atoms with Crippen molar-refractivity contribution in [3.05, 3.63) is 94.9 Å². The molecule has 0 aromatic heterocycles. The molecular formula is C33H35FN2O4. The Labute approximate surface area is 234 Å². The van der Waals surface area contributed by atoms with Crippen LogP contribution in [-0.4, -0.2) is 25.9 Å². The van der Waals surface area contributed by atoms with Crippen LogP contribution in [0.3, 0.4) is 0 Å². The van der Waals surface area contributed by atoms with Gasteiger partial charge in [-0.25, -0.2) is 4.39 Å². The Morgan fingerprint density at radius 1 is 0.950 bits per heavy atom. The fourth-order valence-corrected chi connectivity index (χ4v) is 5.81. The second-order valence-corrected chi connectivity index (χ2v) is 10.4. The zero-order valence-corrected chi connectivity index (χ0v) is 23.2. The molecule has 5 rings (SSSR count). The van der Waals surface area contributed by atoms with Crippen molar-refractivity contribution in [3.8, 4) is 11.5 Å². The number of ketones is 1. The molecule has 0 unspecified atom stereocenters. The summed E-state index contributed by atoms with van der Waals surface area (Å²) in [6.45, 7) is 2.10. The number of para-hydroxylation sites is 2. The first-order chi connectivity index (χ1) is 19.4. The molecule has 0 spiro atoms. The molecule has 2 atom stereocenters. The lowest BCUT2D eigenvalue weighted by atomic mass is 9.78. The van der Waals surface area contributed by atoms with Gasteiger partial charge in [-0.15, -0.1) is 0 Å². The van der Waals surface area contributed by atoms with E-state index in [1.165, 1.54) is 12.1 Å². The number of halogens is 1. The molecular weight excluding hydrogens is 507 g/mol. The minimum Gasteiger partial charge on any atom is -0.493 e. The van der Waals surface area contributed by atoms with Crippen LogP contribution in [0.2, 0.25) is 0 Å². The second kappa shape index (κ2) is 11.9. The number of nitrogens with zero attached hydrogens (tertiary/aromatic N) is 1. The first kappa shape index (κ1) is 27.4. The van der Waals surface area contributed by atoms with Crippen LogP contribution in [0.15, 0.2) is 78.0 Å². The number of fused-ring (bicyclic) bond motifs is 1. The lowest BCUT2D eigenvalue weighted by molar-refractivity contribution is -0.119. The molecule has 2 aliphatic rings. The van der Waals surface area contributed by atoms with Crippen LogP contribution in [0, 0.1) is 5.82 Å². The molecule has 0 radical (unpaired) electrons. The fourth-order valence-electron chi connectivity index (χ4n) is 5.81. The number of rotatable bonds is 8. The Balaban J connectivity index is 1.64. The van der Waals surface area contributed by atoms with Crippen molar-refractivity contribution in [2.45, 2.75) is 57.4 Å². The Hall–Kier alpha value is -4.13. The number of carbonyl (C=O) groups is 2. The molecule has 1 aliphatic carbocycles. The lowest BCUT2D eigenvalue weighted by Gasteiger charge is -2.35. The molecule has 0 saturated heterocycles. The van der Waals surface area contributed by atoms with E-state index in [1.54, 1.807) is 31.3 Å². The maximum atomic E-state index is 14.1. The molecule has 7 heteroatoms. The highest BCUT2D eigenvalue weighted by Crippen LogP contribution is 2.48. The first-order valence-electron chi connectivity index (χ1n) is 13.9. The molecule has 1 heterocycles. The normalized spacial score (nSPS) is 18.4. The SMILES string of the molecule is CCCCCC(=O)N1c2ccccc2NC2=C(C(=O)C[C@@H](c3ccc(OC)c(OC)c3)C2)[C@@H]1c1ccc(F)cc1. The van der Waals surface area contributed by atoms with Crippen LogP contribution in [0.5, 0.6) is 11.5 Å². The number of nitrogens with one attached hydrogen (secondary N) is 1. The number of allylic oxidation sites excluding steroid dienone is 1. The number of unbranched alkanes of at least 4 members (excludes halogenated alkanes) is 2. The standard InChI is InChI=1S/C33H35FN2O4/c1-4-5-6-11-31(38)36-27-10-8-7-9-25(27)35-26-18-23(22-14-17-29(39-2)30(20-22)40-3)19-28(37)32(26)33(36)21-12-15-24(34)16-13-21/h7-10,12-17,20,23,33,35H,4-6,11,18-19H2,1-3H3/t23-,33-/m0/s1. The summed E-state index contributed by atoms with van der Waals surface area (Å²) in [5.41, 5.74) is 4.49. The maximum Gasteiger partial charge on any atom is 0.227 e. The van der Waals surface area contributed by atoms with Gasteiger partial charge in [-0.2, -0.15) is 0 Å². The van der Waals surface area contributed by atoms with Gasteiger partial charge in [0.05, 0.1) is 31.6 Å². The monoisotopic (exact) mass is 542 g/mol. The smallest absolute Gasteiger partial charge is 0.227 e. The van der Waals surface area contributed by atoms with Crippen molar-refractivity contribution in [2.75, 3.05) is 24.4 Å². The van der Waals surface area contributed by atoms with Crippen molar-refractivity contribution >= 4 is 23.1 Å². The summed E-state index contributed by atoms with van der Waals surface area (Å²) in [6.07, 6.45) is 3.92.